The molecule has 0 fully saturated rings. The van der Waals surface area contributed by atoms with E-state index in [1.54, 1.807) is 36.7 Å². The van der Waals surface area contributed by atoms with Gasteiger partial charge in [0.2, 0.25) is 0 Å². The number of benzene rings is 1. The van der Waals surface area contributed by atoms with Crippen molar-refractivity contribution in [2.45, 2.75) is 13.0 Å². The molecular formula is C25H21FN4O2S. The Morgan fingerprint density at radius 3 is 2.70 bits per heavy atom. The number of nitrogens with zero attached hydrogens (tertiary/aromatic N) is 2. The zero-order valence-electron chi connectivity index (χ0n) is 17.6. The number of carbonyl (C=O) groups excluding carboxylic acids is 2. The molecule has 33 heavy (non-hydrogen) atoms. The van der Waals surface area contributed by atoms with Gasteiger partial charge in [-0.25, -0.2) is 9.37 Å². The van der Waals surface area contributed by atoms with Crippen molar-refractivity contribution in [3.05, 3.63) is 100 Å². The lowest BCUT2D eigenvalue weighted by Gasteiger charge is -2.13. The maximum absolute atomic E-state index is 13.5. The monoisotopic (exact) mass is 460 g/mol. The highest BCUT2D eigenvalue weighted by Gasteiger charge is 2.15. The van der Waals surface area contributed by atoms with Gasteiger partial charge in [0.1, 0.15) is 11.6 Å². The molecule has 8 heteroatoms. The lowest BCUT2D eigenvalue weighted by Crippen LogP contribution is -2.24. The van der Waals surface area contributed by atoms with Crippen LogP contribution in [0.4, 0.5) is 10.2 Å². The van der Waals surface area contributed by atoms with Crippen LogP contribution in [0.5, 0.6) is 0 Å². The van der Waals surface area contributed by atoms with Crippen molar-refractivity contribution in [1.29, 1.82) is 0 Å². The van der Waals surface area contributed by atoms with Gasteiger partial charge in [-0.1, -0.05) is 18.2 Å². The Morgan fingerprint density at radius 2 is 1.94 bits per heavy atom. The van der Waals surface area contributed by atoms with Gasteiger partial charge in [-0.15, -0.1) is 11.3 Å². The van der Waals surface area contributed by atoms with Crippen LogP contribution in [0, 0.1) is 5.82 Å². The van der Waals surface area contributed by atoms with Crippen LogP contribution in [-0.2, 0) is 13.0 Å². The molecule has 0 saturated carbocycles. The van der Waals surface area contributed by atoms with Crippen LogP contribution in [0.2, 0.25) is 0 Å². The highest BCUT2D eigenvalue weighted by atomic mass is 32.1. The van der Waals surface area contributed by atoms with Crippen molar-refractivity contribution >= 4 is 29.3 Å². The molecule has 0 aliphatic heterocycles. The first-order valence-corrected chi connectivity index (χ1v) is 11.2. The first kappa shape index (κ1) is 22.3. The third-order valence-electron chi connectivity index (χ3n) is 4.91. The van der Waals surface area contributed by atoms with Gasteiger partial charge in [-0.3, -0.25) is 14.6 Å². The number of carbonyl (C=O) groups is 2. The van der Waals surface area contributed by atoms with Crippen LogP contribution >= 0.6 is 11.3 Å². The summed E-state index contributed by atoms with van der Waals surface area (Å²) in [6.45, 7) is 0.803. The molecule has 3 aromatic heterocycles. The predicted octanol–water partition coefficient (Wildman–Crippen LogP) is 4.74. The minimum Gasteiger partial charge on any atom is -0.369 e. The quantitative estimate of drug-likeness (QED) is 0.353. The number of rotatable bonds is 9. The molecule has 0 bridgehead atoms. The van der Waals surface area contributed by atoms with Crippen LogP contribution in [0.15, 0.2) is 73.1 Å². The van der Waals surface area contributed by atoms with Gasteiger partial charge in [0, 0.05) is 25.5 Å². The summed E-state index contributed by atoms with van der Waals surface area (Å²) in [5.74, 6) is -0.133. The molecule has 0 saturated heterocycles. The van der Waals surface area contributed by atoms with E-state index in [1.807, 2.05) is 24.3 Å². The maximum Gasteiger partial charge on any atom is 0.255 e. The minimum absolute atomic E-state index is 0.272. The molecule has 4 aromatic rings. The van der Waals surface area contributed by atoms with Crippen molar-refractivity contribution in [1.82, 2.24) is 15.3 Å². The van der Waals surface area contributed by atoms with E-state index in [2.05, 4.69) is 20.6 Å². The Hall–Kier alpha value is -3.91. The van der Waals surface area contributed by atoms with Gasteiger partial charge < -0.3 is 10.6 Å². The molecule has 6 nitrogen and oxygen atoms in total. The summed E-state index contributed by atoms with van der Waals surface area (Å²) in [4.78, 5) is 34.1. The van der Waals surface area contributed by atoms with E-state index in [0.717, 1.165) is 22.3 Å². The number of anilines is 1. The molecule has 4 rings (SSSR count). The van der Waals surface area contributed by atoms with Crippen LogP contribution in [0.25, 0.3) is 10.6 Å². The summed E-state index contributed by atoms with van der Waals surface area (Å²) >= 11 is 1.33. The van der Waals surface area contributed by atoms with E-state index < -0.39 is 0 Å². The molecular weight excluding hydrogens is 439 g/mol. The van der Waals surface area contributed by atoms with Crippen molar-refractivity contribution in [3.8, 4) is 10.6 Å². The van der Waals surface area contributed by atoms with Gasteiger partial charge in [-0.2, -0.15) is 0 Å². The number of aromatic nitrogens is 2. The third-order valence-corrected chi connectivity index (χ3v) is 5.94. The van der Waals surface area contributed by atoms with Crippen LogP contribution < -0.4 is 10.6 Å². The highest BCUT2D eigenvalue weighted by Crippen LogP contribution is 2.28. The van der Waals surface area contributed by atoms with Gasteiger partial charge in [0.15, 0.2) is 6.29 Å². The van der Waals surface area contributed by atoms with Crippen molar-refractivity contribution < 1.29 is 14.0 Å². The second-order valence-corrected chi connectivity index (χ2v) is 8.38. The van der Waals surface area contributed by atoms with E-state index in [9.17, 15) is 14.0 Å². The number of nitrogens with one attached hydrogen (secondary N) is 2. The summed E-state index contributed by atoms with van der Waals surface area (Å²) < 4.78 is 13.5. The van der Waals surface area contributed by atoms with Crippen LogP contribution in [0.1, 0.15) is 31.2 Å². The SMILES string of the molecule is O=Cc1ccc(-c2ccc(C(=O)NCc3cccnc3)c(NCCc3cccc(F)c3)n2)s1. The number of aldehydes is 1. The van der Waals surface area contributed by atoms with Crippen LogP contribution in [-0.4, -0.2) is 28.7 Å². The van der Waals surface area contributed by atoms with E-state index in [4.69, 9.17) is 0 Å². The molecule has 166 valence electrons. The summed E-state index contributed by atoms with van der Waals surface area (Å²) in [7, 11) is 0. The fraction of sp³-hybridized carbons (Fsp3) is 0.120. The summed E-state index contributed by atoms with van der Waals surface area (Å²) in [6, 6.07) is 17.1. The first-order valence-electron chi connectivity index (χ1n) is 10.3. The zero-order chi connectivity index (χ0) is 23.0. The lowest BCUT2D eigenvalue weighted by atomic mass is 10.1. The molecule has 1 aromatic carbocycles. The Kier molecular flexibility index (Phi) is 7.16. The highest BCUT2D eigenvalue weighted by molar-refractivity contribution is 7.17. The first-order chi connectivity index (χ1) is 16.1. The Bertz CT molecular complexity index is 1260. The Morgan fingerprint density at radius 1 is 1.06 bits per heavy atom. The average Bonchev–Trinajstić information content (AvgIpc) is 3.33. The number of hydrogen-bond donors (Lipinski definition) is 2. The normalized spacial score (nSPS) is 10.6. The van der Waals surface area contributed by atoms with Gasteiger partial charge in [-0.05, 0) is 60.0 Å². The second-order valence-electron chi connectivity index (χ2n) is 7.26. The second kappa shape index (κ2) is 10.6. The molecule has 0 aliphatic rings. The largest absolute Gasteiger partial charge is 0.369 e. The number of hydrogen-bond acceptors (Lipinski definition) is 6. The van der Waals surface area contributed by atoms with Crippen molar-refractivity contribution in [2.24, 2.45) is 0 Å². The number of pyridine rings is 2. The maximum atomic E-state index is 13.5. The molecule has 0 atom stereocenters. The summed E-state index contributed by atoms with van der Waals surface area (Å²) in [6.07, 6.45) is 4.73. The fourth-order valence-electron chi connectivity index (χ4n) is 3.27. The summed E-state index contributed by atoms with van der Waals surface area (Å²) in [5.41, 5.74) is 2.78. The van der Waals surface area contributed by atoms with E-state index in [1.165, 1.54) is 23.5 Å². The minimum atomic E-state index is -0.285. The third kappa shape index (κ3) is 5.87. The molecule has 1 amide bonds. The Balaban J connectivity index is 1.54. The number of amides is 1. The summed E-state index contributed by atoms with van der Waals surface area (Å²) in [5, 5.41) is 6.11. The fourth-order valence-corrected chi connectivity index (χ4v) is 4.06. The molecule has 2 N–H and O–H groups in total. The standard InChI is InChI=1S/C25H21FN4O2S/c26-19-5-1-3-17(13-19)10-12-28-24-21(25(32)29-15-18-4-2-11-27-14-18)7-8-22(30-24)23-9-6-20(16-31)33-23/h1-9,11,13-14,16H,10,12,15H2,(H,28,30)(H,29,32). The predicted molar refractivity (Wildman–Crippen MR) is 127 cm³/mol. The van der Waals surface area contributed by atoms with E-state index >= 15 is 0 Å². The molecule has 0 spiro atoms. The smallest absolute Gasteiger partial charge is 0.255 e. The number of halogens is 1. The Labute approximate surface area is 194 Å². The van der Waals surface area contributed by atoms with Crippen molar-refractivity contribution in [2.75, 3.05) is 11.9 Å². The van der Waals surface area contributed by atoms with Gasteiger partial charge in [0.05, 0.1) is 21.0 Å². The molecule has 3 heterocycles. The topological polar surface area (TPSA) is 84.0 Å². The molecule has 0 unspecified atom stereocenters. The van der Waals surface area contributed by atoms with E-state index in [-0.39, 0.29) is 11.7 Å². The zero-order valence-corrected chi connectivity index (χ0v) is 18.4. The van der Waals surface area contributed by atoms with Crippen LogP contribution in [0.3, 0.4) is 0 Å². The lowest BCUT2D eigenvalue weighted by molar-refractivity contribution is 0.0951. The van der Waals surface area contributed by atoms with Gasteiger partial charge in [0.25, 0.3) is 5.91 Å². The van der Waals surface area contributed by atoms with Crippen molar-refractivity contribution in [3.63, 3.8) is 0 Å². The molecule has 0 radical (unpaired) electrons. The van der Waals surface area contributed by atoms with E-state index in [0.29, 0.717) is 41.5 Å². The molecule has 0 aliphatic carbocycles. The average molecular weight is 461 g/mol. The van der Waals surface area contributed by atoms with Gasteiger partial charge >= 0.3 is 0 Å². The number of thiophene rings is 1.